The number of nitrogens with one attached hydrogen (secondary N) is 2. The molecule has 1 fully saturated rings. The standard InChI is InChI=1S/C19H35N5O.HI/c1-4-24(5-2)17(18-10-9-15-25-18)16-22-19(20-3)21-11-14-23-12-7-6-8-13-23;/h9-10,15,17H,4-8,11-14,16H2,1-3H3,(H2,20,21,22);1H. The van der Waals surface area contributed by atoms with Crippen LogP contribution in [0.5, 0.6) is 0 Å². The quantitative estimate of drug-likeness (QED) is 0.326. The van der Waals surface area contributed by atoms with E-state index < -0.39 is 0 Å². The van der Waals surface area contributed by atoms with Crippen molar-refractivity contribution in [3.63, 3.8) is 0 Å². The first-order chi connectivity index (χ1) is 12.3. The molecule has 1 aromatic heterocycles. The first kappa shape index (κ1) is 23.2. The Bertz CT molecular complexity index is 484. The fraction of sp³-hybridized carbons (Fsp3) is 0.737. The zero-order valence-corrected chi connectivity index (χ0v) is 18.9. The van der Waals surface area contributed by atoms with Crippen molar-refractivity contribution in [1.82, 2.24) is 20.4 Å². The number of piperidine rings is 1. The second kappa shape index (κ2) is 13.4. The summed E-state index contributed by atoms with van der Waals surface area (Å²) in [5.74, 6) is 1.86. The number of hydrogen-bond acceptors (Lipinski definition) is 4. The minimum atomic E-state index is 0. The topological polar surface area (TPSA) is 56.0 Å². The van der Waals surface area contributed by atoms with Crippen LogP contribution in [0, 0.1) is 0 Å². The van der Waals surface area contributed by atoms with Crippen LogP contribution in [-0.2, 0) is 0 Å². The summed E-state index contributed by atoms with van der Waals surface area (Å²) in [4.78, 5) is 9.29. The minimum Gasteiger partial charge on any atom is -0.468 e. The molecule has 1 atom stereocenters. The van der Waals surface area contributed by atoms with E-state index in [1.54, 1.807) is 6.26 Å². The molecule has 1 aromatic rings. The number of guanidine groups is 1. The van der Waals surface area contributed by atoms with Crippen molar-refractivity contribution >= 4 is 29.9 Å². The van der Waals surface area contributed by atoms with Crippen LogP contribution < -0.4 is 10.6 Å². The molecule has 0 amide bonds. The Morgan fingerprint density at radius 3 is 2.54 bits per heavy atom. The van der Waals surface area contributed by atoms with Gasteiger partial charge in [-0.15, -0.1) is 24.0 Å². The predicted octanol–water partition coefficient (Wildman–Crippen LogP) is 2.93. The number of furan rings is 1. The average molecular weight is 477 g/mol. The Morgan fingerprint density at radius 1 is 1.23 bits per heavy atom. The zero-order chi connectivity index (χ0) is 17.9. The molecule has 2 N–H and O–H groups in total. The molecule has 0 saturated carbocycles. The van der Waals surface area contributed by atoms with Gasteiger partial charge < -0.3 is 20.0 Å². The Hall–Kier alpha value is -0.800. The van der Waals surface area contributed by atoms with Gasteiger partial charge in [0.05, 0.1) is 12.3 Å². The highest BCUT2D eigenvalue weighted by atomic mass is 127. The molecule has 150 valence electrons. The van der Waals surface area contributed by atoms with Gasteiger partial charge in [-0.05, 0) is 51.2 Å². The maximum atomic E-state index is 5.66. The van der Waals surface area contributed by atoms with E-state index in [0.717, 1.165) is 44.4 Å². The SMILES string of the molecule is CCN(CC)C(CNC(=NC)NCCN1CCCCC1)c1ccco1.I. The van der Waals surface area contributed by atoms with E-state index in [9.17, 15) is 0 Å². The van der Waals surface area contributed by atoms with Gasteiger partial charge in [-0.1, -0.05) is 20.3 Å². The van der Waals surface area contributed by atoms with Crippen LogP contribution in [0.25, 0.3) is 0 Å². The molecule has 2 rings (SSSR count). The van der Waals surface area contributed by atoms with Gasteiger partial charge in [0.15, 0.2) is 5.96 Å². The van der Waals surface area contributed by atoms with E-state index >= 15 is 0 Å². The van der Waals surface area contributed by atoms with Gasteiger partial charge >= 0.3 is 0 Å². The van der Waals surface area contributed by atoms with Crippen LogP contribution in [0.1, 0.15) is 44.9 Å². The fourth-order valence-electron chi connectivity index (χ4n) is 3.48. The van der Waals surface area contributed by atoms with Crippen LogP contribution >= 0.6 is 24.0 Å². The first-order valence-electron chi connectivity index (χ1n) is 9.72. The molecule has 1 aliphatic heterocycles. The summed E-state index contributed by atoms with van der Waals surface area (Å²) >= 11 is 0. The van der Waals surface area contributed by atoms with Gasteiger partial charge in [-0.3, -0.25) is 9.89 Å². The lowest BCUT2D eigenvalue weighted by Gasteiger charge is -2.29. The van der Waals surface area contributed by atoms with Gasteiger partial charge in [0, 0.05) is 26.7 Å². The third-order valence-corrected chi connectivity index (χ3v) is 4.98. The molecule has 2 heterocycles. The summed E-state index contributed by atoms with van der Waals surface area (Å²) < 4.78 is 5.66. The number of likely N-dealkylation sites (tertiary alicyclic amines) is 1. The molecule has 7 heteroatoms. The van der Waals surface area contributed by atoms with E-state index in [1.165, 1.54) is 32.4 Å². The van der Waals surface area contributed by atoms with Gasteiger partial charge in [0.1, 0.15) is 5.76 Å². The molecule has 1 aliphatic rings. The molecule has 0 bridgehead atoms. The van der Waals surface area contributed by atoms with Crippen molar-refractivity contribution in [2.24, 2.45) is 4.99 Å². The number of nitrogens with zero attached hydrogens (tertiary/aromatic N) is 3. The molecule has 0 aromatic carbocycles. The Labute approximate surface area is 175 Å². The lowest BCUT2D eigenvalue weighted by molar-refractivity contribution is 0.193. The third-order valence-electron chi connectivity index (χ3n) is 4.98. The Kier molecular flexibility index (Phi) is 12.0. The van der Waals surface area contributed by atoms with Gasteiger partial charge in [0.25, 0.3) is 0 Å². The highest BCUT2D eigenvalue weighted by molar-refractivity contribution is 14.0. The summed E-state index contributed by atoms with van der Waals surface area (Å²) in [6.45, 7) is 11.6. The number of likely N-dealkylation sites (N-methyl/N-ethyl adjacent to an activating group) is 1. The second-order valence-corrected chi connectivity index (χ2v) is 6.53. The molecule has 0 aliphatic carbocycles. The summed E-state index contributed by atoms with van der Waals surface area (Å²) in [7, 11) is 1.83. The van der Waals surface area contributed by atoms with E-state index in [2.05, 4.69) is 45.3 Å². The van der Waals surface area contributed by atoms with Crippen molar-refractivity contribution in [1.29, 1.82) is 0 Å². The number of hydrogen-bond donors (Lipinski definition) is 2. The molecule has 0 spiro atoms. The number of halogens is 1. The van der Waals surface area contributed by atoms with Crippen molar-refractivity contribution in [3.05, 3.63) is 24.2 Å². The van der Waals surface area contributed by atoms with Gasteiger partial charge in [-0.2, -0.15) is 0 Å². The van der Waals surface area contributed by atoms with Crippen molar-refractivity contribution in [3.8, 4) is 0 Å². The molecule has 1 saturated heterocycles. The maximum Gasteiger partial charge on any atom is 0.191 e. The fourth-order valence-corrected chi connectivity index (χ4v) is 3.48. The normalized spacial score (nSPS) is 17.0. The molecular formula is C19H36IN5O. The van der Waals surface area contributed by atoms with Crippen LogP contribution in [0.3, 0.4) is 0 Å². The predicted molar refractivity (Wildman–Crippen MR) is 119 cm³/mol. The lowest BCUT2D eigenvalue weighted by atomic mass is 10.1. The van der Waals surface area contributed by atoms with Gasteiger partial charge in [-0.25, -0.2) is 0 Å². The van der Waals surface area contributed by atoms with E-state index in [0.29, 0.717) is 0 Å². The van der Waals surface area contributed by atoms with E-state index in [-0.39, 0.29) is 30.0 Å². The summed E-state index contributed by atoms with van der Waals surface area (Å²) in [6.07, 6.45) is 5.80. The van der Waals surface area contributed by atoms with Crippen LogP contribution in [-0.4, -0.2) is 68.6 Å². The van der Waals surface area contributed by atoms with Crippen LogP contribution in [0.2, 0.25) is 0 Å². The van der Waals surface area contributed by atoms with E-state index in [1.807, 2.05) is 13.1 Å². The summed E-state index contributed by atoms with van der Waals surface area (Å²) in [5.41, 5.74) is 0. The van der Waals surface area contributed by atoms with Gasteiger partial charge in [0.2, 0.25) is 0 Å². The van der Waals surface area contributed by atoms with Crippen molar-refractivity contribution < 1.29 is 4.42 Å². The zero-order valence-electron chi connectivity index (χ0n) is 16.5. The number of rotatable bonds is 9. The molecule has 26 heavy (non-hydrogen) atoms. The largest absolute Gasteiger partial charge is 0.468 e. The highest BCUT2D eigenvalue weighted by Gasteiger charge is 2.20. The maximum absolute atomic E-state index is 5.66. The summed E-state index contributed by atoms with van der Waals surface area (Å²) in [5, 5.41) is 6.90. The monoisotopic (exact) mass is 477 g/mol. The van der Waals surface area contributed by atoms with E-state index in [4.69, 9.17) is 4.42 Å². The van der Waals surface area contributed by atoms with Crippen LogP contribution in [0.4, 0.5) is 0 Å². The molecule has 1 unspecified atom stereocenters. The Morgan fingerprint density at radius 2 is 1.96 bits per heavy atom. The van der Waals surface area contributed by atoms with Crippen molar-refractivity contribution in [2.75, 3.05) is 52.9 Å². The molecule has 0 radical (unpaired) electrons. The molecule has 6 nitrogen and oxygen atoms in total. The first-order valence-corrected chi connectivity index (χ1v) is 9.72. The minimum absolute atomic E-state index is 0. The van der Waals surface area contributed by atoms with Crippen LogP contribution in [0.15, 0.2) is 27.8 Å². The third kappa shape index (κ3) is 7.44. The average Bonchev–Trinajstić information content (AvgIpc) is 3.18. The number of aliphatic imine (C=N–C) groups is 1. The smallest absolute Gasteiger partial charge is 0.191 e. The molecular weight excluding hydrogens is 441 g/mol. The Balaban J connectivity index is 0.00000338. The second-order valence-electron chi connectivity index (χ2n) is 6.53. The lowest BCUT2D eigenvalue weighted by Crippen LogP contribution is -2.45. The summed E-state index contributed by atoms with van der Waals surface area (Å²) in [6, 6.07) is 4.22. The highest BCUT2D eigenvalue weighted by Crippen LogP contribution is 2.20. The van der Waals surface area contributed by atoms with Crippen molar-refractivity contribution in [2.45, 2.75) is 39.2 Å².